The van der Waals surface area contributed by atoms with Crippen molar-refractivity contribution in [1.82, 2.24) is 0 Å². The molecule has 0 heterocycles. The highest BCUT2D eigenvalue weighted by Crippen LogP contribution is 1.88. The van der Waals surface area contributed by atoms with Gasteiger partial charge in [-0.15, -0.1) is 0 Å². The number of primary amides is 1. The van der Waals surface area contributed by atoms with Crippen LogP contribution in [0.1, 0.15) is 0 Å². The van der Waals surface area contributed by atoms with Gasteiger partial charge in [0.25, 0.3) is 0 Å². The summed E-state index contributed by atoms with van der Waals surface area (Å²) in [5.74, 6) is -0.826. The first kappa shape index (κ1) is 8.31. The highest BCUT2D eigenvalue weighted by atomic mass is 16.8. The monoisotopic (exact) mass is 136 g/mol. The maximum absolute atomic E-state index is 9.87. The Labute approximate surface area is 51.0 Å². The van der Waals surface area contributed by atoms with Crippen LogP contribution in [0.4, 0.5) is 0 Å². The Balaban J connectivity index is 3.39. The van der Waals surface area contributed by atoms with Crippen molar-refractivity contribution >= 4 is 5.91 Å². The van der Waals surface area contributed by atoms with Crippen molar-refractivity contribution in [2.24, 2.45) is 11.5 Å². The molecule has 1 amide bonds. The smallest absolute Gasteiger partial charge is 0.343 e. The average Bonchev–Trinajstić information content (AvgIpc) is 1.59. The molecule has 0 radical (unpaired) electrons. The number of ether oxygens (including phenoxy) is 1. The molecule has 0 rings (SSSR count). The van der Waals surface area contributed by atoms with Gasteiger partial charge in [-0.25, -0.2) is 0 Å². The van der Waals surface area contributed by atoms with Crippen LogP contribution in [0.15, 0.2) is 0 Å². The zero-order chi connectivity index (χ0) is 7.49. The Kier molecular flexibility index (Phi) is 2.53. The molecule has 0 bridgehead atoms. The first-order valence-electron chi connectivity index (χ1n) is 2.08. The lowest BCUT2D eigenvalue weighted by Gasteiger charge is -2.13. The van der Waals surface area contributed by atoms with Crippen LogP contribution in [0.2, 0.25) is 0 Å². The summed E-state index contributed by atoms with van der Waals surface area (Å²) in [5, 5.41) is 16.3. The lowest BCUT2D eigenvalue weighted by atomic mass is 10.7. The molecule has 0 spiro atoms. The summed E-state index contributed by atoms with van der Waals surface area (Å²) >= 11 is 0. The molecule has 9 heavy (non-hydrogen) atoms. The number of carbonyl (C=O) groups is 1. The predicted molar refractivity (Wildman–Crippen MR) is 26.5 cm³/mol. The zero-order valence-electron chi connectivity index (χ0n) is 4.57. The highest BCUT2D eigenvalue weighted by molar-refractivity contribution is 5.74. The lowest BCUT2D eigenvalue weighted by molar-refractivity contribution is -0.330. The SMILES string of the molecule is NC(=O)COC(N)(O)O. The quantitative estimate of drug-likeness (QED) is 0.309. The minimum Gasteiger partial charge on any atom is -0.368 e. The van der Waals surface area contributed by atoms with Crippen LogP contribution in [0.25, 0.3) is 0 Å². The summed E-state index contributed by atoms with van der Waals surface area (Å²) in [6, 6.07) is 0. The van der Waals surface area contributed by atoms with E-state index in [1.807, 2.05) is 0 Å². The molecule has 0 saturated heterocycles. The molecule has 6 nitrogen and oxygen atoms in total. The van der Waals surface area contributed by atoms with Crippen LogP contribution in [0.5, 0.6) is 0 Å². The van der Waals surface area contributed by atoms with E-state index in [0.29, 0.717) is 0 Å². The first-order chi connectivity index (χ1) is 3.92. The van der Waals surface area contributed by atoms with Crippen LogP contribution in [-0.4, -0.2) is 28.8 Å². The van der Waals surface area contributed by atoms with Gasteiger partial charge in [0.15, 0.2) is 0 Å². The molecular weight excluding hydrogens is 128 g/mol. The van der Waals surface area contributed by atoms with Crippen molar-refractivity contribution in [3.05, 3.63) is 0 Å². The van der Waals surface area contributed by atoms with Crippen molar-refractivity contribution in [2.45, 2.75) is 6.10 Å². The van der Waals surface area contributed by atoms with E-state index in [0.717, 1.165) is 0 Å². The Morgan fingerprint density at radius 1 is 1.67 bits per heavy atom. The van der Waals surface area contributed by atoms with Crippen molar-refractivity contribution in [3.63, 3.8) is 0 Å². The van der Waals surface area contributed by atoms with Gasteiger partial charge in [-0.2, -0.15) is 0 Å². The fourth-order valence-electron chi connectivity index (χ4n) is 0.177. The van der Waals surface area contributed by atoms with E-state index in [1.54, 1.807) is 0 Å². The fraction of sp³-hybridized carbons (Fsp3) is 0.667. The number of hydrogen-bond acceptors (Lipinski definition) is 5. The van der Waals surface area contributed by atoms with E-state index in [-0.39, 0.29) is 0 Å². The Morgan fingerprint density at radius 3 is 2.22 bits per heavy atom. The number of rotatable bonds is 3. The standard InChI is InChI=1S/C3H8N2O4/c4-2(6)1-9-3(5,7)8/h7-8H,1,5H2,(H2,4,6). The second kappa shape index (κ2) is 2.74. The molecule has 0 aliphatic heterocycles. The van der Waals surface area contributed by atoms with Crippen LogP contribution in [0.3, 0.4) is 0 Å². The molecule has 0 aromatic carbocycles. The Morgan fingerprint density at radius 2 is 2.11 bits per heavy atom. The minimum absolute atomic E-state index is 0.622. The number of amides is 1. The average molecular weight is 136 g/mol. The molecule has 6 N–H and O–H groups in total. The van der Waals surface area contributed by atoms with Gasteiger partial charge in [0, 0.05) is 0 Å². The van der Waals surface area contributed by atoms with Crippen LogP contribution in [0, 0.1) is 0 Å². The predicted octanol–water partition coefficient (Wildman–Crippen LogP) is -2.96. The summed E-state index contributed by atoms with van der Waals surface area (Å²) < 4.78 is 3.91. The van der Waals surface area contributed by atoms with Gasteiger partial charge in [-0.3, -0.25) is 10.5 Å². The van der Waals surface area contributed by atoms with Crippen LogP contribution >= 0.6 is 0 Å². The normalized spacial score (nSPS) is 11.4. The van der Waals surface area contributed by atoms with Gasteiger partial charge < -0.3 is 20.7 Å². The van der Waals surface area contributed by atoms with E-state index in [2.05, 4.69) is 16.2 Å². The van der Waals surface area contributed by atoms with E-state index < -0.39 is 18.6 Å². The summed E-state index contributed by atoms with van der Waals surface area (Å²) in [5.41, 5.74) is 9.02. The largest absolute Gasteiger partial charge is 0.368 e. The van der Waals surface area contributed by atoms with Gasteiger partial charge in [0.05, 0.1) is 0 Å². The summed E-state index contributed by atoms with van der Waals surface area (Å²) in [6.07, 6.45) is -2.77. The van der Waals surface area contributed by atoms with Gasteiger partial charge >= 0.3 is 6.10 Å². The number of carbonyl (C=O) groups excluding carboxylic acids is 1. The second-order valence-corrected chi connectivity index (χ2v) is 1.41. The maximum atomic E-state index is 9.87. The van der Waals surface area contributed by atoms with E-state index in [1.165, 1.54) is 0 Å². The Bertz CT molecular complexity index is 107. The number of hydrogen-bond donors (Lipinski definition) is 4. The van der Waals surface area contributed by atoms with Gasteiger partial charge in [0.2, 0.25) is 5.91 Å². The summed E-state index contributed by atoms with van der Waals surface area (Å²) in [7, 11) is 0. The number of aliphatic hydroxyl groups is 2. The maximum Gasteiger partial charge on any atom is 0.343 e. The molecule has 0 aromatic heterocycles. The summed E-state index contributed by atoms with van der Waals surface area (Å²) in [6.45, 7) is -0.622. The van der Waals surface area contributed by atoms with Crippen molar-refractivity contribution in [2.75, 3.05) is 6.61 Å². The minimum atomic E-state index is -2.77. The Hall–Kier alpha value is -0.690. The fourth-order valence-corrected chi connectivity index (χ4v) is 0.177. The number of nitrogens with two attached hydrogens (primary N) is 2. The van der Waals surface area contributed by atoms with Crippen LogP contribution in [-0.2, 0) is 9.53 Å². The van der Waals surface area contributed by atoms with E-state index >= 15 is 0 Å². The molecule has 0 unspecified atom stereocenters. The topological polar surface area (TPSA) is 119 Å². The molecule has 0 aromatic rings. The van der Waals surface area contributed by atoms with Crippen molar-refractivity contribution in [1.29, 1.82) is 0 Å². The van der Waals surface area contributed by atoms with Gasteiger partial charge in [-0.05, 0) is 0 Å². The summed E-state index contributed by atoms with van der Waals surface area (Å²) in [4.78, 5) is 9.87. The first-order valence-corrected chi connectivity index (χ1v) is 2.08. The lowest BCUT2D eigenvalue weighted by Crippen LogP contribution is -2.44. The third-order valence-electron chi connectivity index (χ3n) is 0.427. The van der Waals surface area contributed by atoms with E-state index in [4.69, 9.17) is 10.2 Å². The molecule has 6 heteroatoms. The van der Waals surface area contributed by atoms with E-state index in [9.17, 15) is 4.79 Å². The molecule has 0 aliphatic rings. The molecule has 0 saturated carbocycles. The highest BCUT2D eigenvalue weighted by Gasteiger charge is 2.16. The van der Waals surface area contributed by atoms with Crippen molar-refractivity contribution < 1.29 is 19.7 Å². The van der Waals surface area contributed by atoms with Crippen LogP contribution < -0.4 is 11.5 Å². The molecule has 0 atom stereocenters. The molecular formula is C3H8N2O4. The third kappa shape index (κ3) is 7.31. The molecule has 0 aliphatic carbocycles. The van der Waals surface area contributed by atoms with Gasteiger partial charge in [0.1, 0.15) is 6.61 Å². The zero-order valence-corrected chi connectivity index (χ0v) is 4.57. The molecule has 0 fully saturated rings. The molecule has 54 valence electrons. The van der Waals surface area contributed by atoms with Gasteiger partial charge in [-0.1, -0.05) is 0 Å². The third-order valence-corrected chi connectivity index (χ3v) is 0.427. The second-order valence-electron chi connectivity index (χ2n) is 1.41. The van der Waals surface area contributed by atoms with Crippen molar-refractivity contribution in [3.8, 4) is 0 Å².